The molecule has 0 amide bonds. The van der Waals surface area contributed by atoms with Crippen LogP contribution >= 0.6 is 0 Å². The van der Waals surface area contributed by atoms with Gasteiger partial charge >= 0.3 is 0 Å². The molecule has 6 nitrogen and oxygen atoms in total. The zero-order chi connectivity index (χ0) is 14.5. The van der Waals surface area contributed by atoms with Gasteiger partial charge in [-0.05, 0) is 18.8 Å². The second kappa shape index (κ2) is 6.36. The highest BCUT2D eigenvalue weighted by molar-refractivity contribution is 5.54. The van der Waals surface area contributed by atoms with E-state index in [9.17, 15) is 10.1 Å². The lowest BCUT2D eigenvalue weighted by atomic mass is 9.90. The van der Waals surface area contributed by atoms with Crippen molar-refractivity contribution in [2.24, 2.45) is 5.41 Å². The number of nitrogens with one attached hydrogen (secondary N) is 2. The summed E-state index contributed by atoms with van der Waals surface area (Å²) in [5.74, 6) is 1.06. The summed E-state index contributed by atoms with van der Waals surface area (Å²) in [6, 6.07) is 2.91. The summed E-state index contributed by atoms with van der Waals surface area (Å²) in [6.07, 6.45) is 1.02. The minimum atomic E-state index is -0.404. The van der Waals surface area contributed by atoms with E-state index in [0.29, 0.717) is 18.2 Å². The molecule has 1 rings (SSSR count). The Bertz CT molecular complexity index is 446. The van der Waals surface area contributed by atoms with E-state index in [1.807, 2.05) is 6.92 Å². The second-order valence-corrected chi connectivity index (χ2v) is 5.25. The summed E-state index contributed by atoms with van der Waals surface area (Å²) in [6.45, 7) is 9.73. The maximum atomic E-state index is 10.9. The lowest BCUT2D eigenvalue weighted by Crippen LogP contribution is -2.22. The highest BCUT2D eigenvalue weighted by atomic mass is 16.6. The van der Waals surface area contributed by atoms with Crippen LogP contribution in [0.25, 0.3) is 0 Å². The Morgan fingerprint density at radius 2 is 1.84 bits per heavy atom. The number of nitro groups is 1. The van der Waals surface area contributed by atoms with Gasteiger partial charge in [0.05, 0.1) is 17.1 Å². The van der Waals surface area contributed by atoms with Crippen LogP contribution in [0, 0.1) is 15.5 Å². The molecule has 2 N–H and O–H groups in total. The zero-order valence-corrected chi connectivity index (χ0v) is 12.0. The number of rotatable bonds is 7. The van der Waals surface area contributed by atoms with Gasteiger partial charge in [-0.3, -0.25) is 10.1 Å². The van der Waals surface area contributed by atoms with Gasteiger partial charge in [0.25, 0.3) is 5.69 Å². The van der Waals surface area contributed by atoms with E-state index in [1.165, 1.54) is 12.1 Å². The molecule has 0 aliphatic rings. The number of anilines is 2. The van der Waals surface area contributed by atoms with E-state index >= 15 is 0 Å². The maximum Gasteiger partial charge on any atom is 0.276 e. The molecular formula is C13H22N4O2. The first-order valence-corrected chi connectivity index (χ1v) is 6.52. The molecule has 0 aliphatic heterocycles. The van der Waals surface area contributed by atoms with Crippen molar-refractivity contribution in [3.05, 3.63) is 22.2 Å². The van der Waals surface area contributed by atoms with E-state index in [2.05, 4.69) is 36.4 Å². The summed E-state index contributed by atoms with van der Waals surface area (Å²) in [7, 11) is 0. The van der Waals surface area contributed by atoms with Crippen molar-refractivity contribution in [1.82, 2.24) is 4.98 Å². The van der Waals surface area contributed by atoms with Gasteiger partial charge in [-0.2, -0.15) is 0 Å². The number of hydrogen-bond donors (Lipinski definition) is 2. The molecule has 0 unspecified atom stereocenters. The number of aromatic nitrogens is 1. The van der Waals surface area contributed by atoms with Gasteiger partial charge in [0, 0.05) is 13.1 Å². The molecule has 0 aromatic carbocycles. The monoisotopic (exact) mass is 266 g/mol. The minimum Gasteiger partial charge on any atom is -0.370 e. The van der Waals surface area contributed by atoms with Gasteiger partial charge in [-0.25, -0.2) is 4.98 Å². The molecule has 1 aromatic heterocycles. The zero-order valence-electron chi connectivity index (χ0n) is 12.0. The van der Waals surface area contributed by atoms with Gasteiger partial charge in [-0.15, -0.1) is 0 Å². The van der Waals surface area contributed by atoms with Crippen molar-refractivity contribution in [1.29, 1.82) is 0 Å². The maximum absolute atomic E-state index is 10.9. The largest absolute Gasteiger partial charge is 0.370 e. The Hall–Kier alpha value is -1.85. The van der Waals surface area contributed by atoms with Crippen LogP contribution in [-0.2, 0) is 0 Å². The summed E-state index contributed by atoms with van der Waals surface area (Å²) in [4.78, 5) is 14.8. The van der Waals surface area contributed by atoms with Crippen molar-refractivity contribution in [2.75, 3.05) is 23.7 Å². The Balaban J connectivity index is 2.90. The Labute approximate surface area is 113 Å². The normalized spacial score (nSPS) is 11.2. The summed E-state index contributed by atoms with van der Waals surface area (Å²) in [5, 5.41) is 17.1. The molecule has 0 spiro atoms. The molecule has 0 saturated heterocycles. The third-order valence-electron chi connectivity index (χ3n) is 3.08. The topological polar surface area (TPSA) is 80.1 Å². The molecule has 1 aromatic rings. The number of pyridine rings is 1. The van der Waals surface area contributed by atoms with Gasteiger partial charge < -0.3 is 10.6 Å². The van der Waals surface area contributed by atoms with Crippen LogP contribution in [0.5, 0.6) is 0 Å². The van der Waals surface area contributed by atoms with E-state index in [1.54, 1.807) is 0 Å². The molecule has 106 valence electrons. The second-order valence-electron chi connectivity index (χ2n) is 5.25. The van der Waals surface area contributed by atoms with Crippen LogP contribution in [0.4, 0.5) is 17.3 Å². The molecule has 0 aliphatic carbocycles. The van der Waals surface area contributed by atoms with Crippen LogP contribution in [0.2, 0.25) is 0 Å². The molecule has 19 heavy (non-hydrogen) atoms. The average Bonchev–Trinajstić information content (AvgIpc) is 2.37. The highest BCUT2D eigenvalue weighted by Gasteiger charge is 2.16. The van der Waals surface area contributed by atoms with E-state index < -0.39 is 4.92 Å². The van der Waals surface area contributed by atoms with Crippen LogP contribution in [0.3, 0.4) is 0 Å². The molecule has 0 atom stereocenters. The molecule has 0 fully saturated rings. The van der Waals surface area contributed by atoms with E-state index in [4.69, 9.17) is 0 Å². The number of hydrogen-bond acceptors (Lipinski definition) is 5. The SMILES string of the molecule is CCNc1cc([N+](=O)[O-])cc(NCC(C)(C)CC)n1. The van der Waals surface area contributed by atoms with Crippen LogP contribution in [0.1, 0.15) is 34.1 Å². The smallest absolute Gasteiger partial charge is 0.276 e. The highest BCUT2D eigenvalue weighted by Crippen LogP contribution is 2.23. The predicted octanol–water partition coefficient (Wildman–Crippen LogP) is 3.27. The Morgan fingerprint density at radius 1 is 1.26 bits per heavy atom. The lowest BCUT2D eigenvalue weighted by molar-refractivity contribution is -0.384. The fourth-order valence-electron chi connectivity index (χ4n) is 1.44. The number of nitrogens with zero attached hydrogens (tertiary/aromatic N) is 2. The lowest BCUT2D eigenvalue weighted by Gasteiger charge is -2.23. The Kier molecular flexibility index (Phi) is 5.09. The first kappa shape index (κ1) is 15.2. The van der Waals surface area contributed by atoms with Gasteiger partial charge in [-0.1, -0.05) is 20.8 Å². The van der Waals surface area contributed by atoms with Crippen molar-refractivity contribution >= 4 is 17.3 Å². The van der Waals surface area contributed by atoms with Crippen LogP contribution in [0.15, 0.2) is 12.1 Å². The first-order valence-electron chi connectivity index (χ1n) is 6.52. The fraction of sp³-hybridized carbons (Fsp3) is 0.615. The van der Waals surface area contributed by atoms with Crippen molar-refractivity contribution < 1.29 is 4.92 Å². The minimum absolute atomic E-state index is 0.0442. The third-order valence-corrected chi connectivity index (χ3v) is 3.08. The summed E-state index contributed by atoms with van der Waals surface area (Å²) >= 11 is 0. The molecule has 1 heterocycles. The molecule has 0 saturated carbocycles. The van der Waals surface area contributed by atoms with Crippen LogP contribution < -0.4 is 10.6 Å². The fourth-order valence-corrected chi connectivity index (χ4v) is 1.44. The summed E-state index contributed by atoms with van der Waals surface area (Å²) in [5.41, 5.74) is 0.174. The van der Waals surface area contributed by atoms with Crippen molar-refractivity contribution in [3.8, 4) is 0 Å². The summed E-state index contributed by atoms with van der Waals surface area (Å²) < 4.78 is 0. The Morgan fingerprint density at radius 3 is 2.32 bits per heavy atom. The quantitative estimate of drug-likeness (QED) is 0.585. The first-order chi connectivity index (χ1) is 8.88. The van der Waals surface area contributed by atoms with Gasteiger partial charge in [0.15, 0.2) is 0 Å². The third kappa shape index (κ3) is 4.73. The molecule has 0 bridgehead atoms. The average molecular weight is 266 g/mol. The standard InChI is InChI=1S/C13H22N4O2/c1-5-13(3,4)9-15-12-8-10(17(18)19)7-11(16-12)14-6-2/h7-8H,5-6,9H2,1-4H3,(H2,14,15,16). The van der Waals surface area contributed by atoms with Crippen LogP contribution in [-0.4, -0.2) is 23.0 Å². The van der Waals surface area contributed by atoms with Gasteiger partial charge in [0.2, 0.25) is 0 Å². The van der Waals surface area contributed by atoms with Crippen molar-refractivity contribution in [3.63, 3.8) is 0 Å². The van der Waals surface area contributed by atoms with E-state index in [0.717, 1.165) is 13.0 Å². The molecular weight excluding hydrogens is 244 g/mol. The molecule has 0 radical (unpaired) electrons. The predicted molar refractivity (Wildman–Crippen MR) is 77.6 cm³/mol. The molecule has 6 heteroatoms. The van der Waals surface area contributed by atoms with Crippen molar-refractivity contribution in [2.45, 2.75) is 34.1 Å². The van der Waals surface area contributed by atoms with Gasteiger partial charge in [0.1, 0.15) is 11.6 Å². The van der Waals surface area contributed by atoms with E-state index in [-0.39, 0.29) is 11.1 Å².